The predicted molar refractivity (Wildman–Crippen MR) is 81.5 cm³/mol. The Kier molecular flexibility index (Phi) is 2.58. The lowest BCUT2D eigenvalue weighted by atomic mass is 10.2. The van der Waals surface area contributed by atoms with Crippen LogP contribution in [0.4, 0.5) is 0 Å². The van der Waals surface area contributed by atoms with Gasteiger partial charge in [0.05, 0.1) is 11.0 Å². The molecule has 3 aromatic rings. The molecule has 2 aromatic heterocycles. The Hall–Kier alpha value is -2.43. The molecule has 0 saturated heterocycles. The van der Waals surface area contributed by atoms with Crippen molar-refractivity contribution in [2.75, 3.05) is 0 Å². The predicted octanol–water partition coefficient (Wildman–Crippen LogP) is 2.05. The van der Waals surface area contributed by atoms with E-state index in [1.54, 1.807) is 24.4 Å². The molecule has 1 aromatic carbocycles. The highest BCUT2D eigenvalue weighted by Gasteiger charge is 2.46. The number of nitrogens with zero attached hydrogens (tertiary/aromatic N) is 2. The summed E-state index contributed by atoms with van der Waals surface area (Å²) in [7, 11) is -3.71. The van der Waals surface area contributed by atoms with E-state index in [1.807, 2.05) is 18.2 Å². The summed E-state index contributed by atoms with van der Waals surface area (Å²) < 4.78 is 27.3. The highest BCUT2D eigenvalue weighted by molar-refractivity contribution is 7.89. The largest absolute Gasteiger partial charge is 0.339 e. The highest BCUT2D eigenvalue weighted by atomic mass is 32.2. The van der Waals surface area contributed by atoms with Crippen molar-refractivity contribution in [3.63, 3.8) is 0 Å². The van der Waals surface area contributed by atoms with Crippen molar-refractivity contribution in [2.45, 2.75) is 23.3 Å². The fourth-order valence-corrected chi connectivity index (χ4v) is 3.96. The van der Waals surface area contributed by atoms with E-state index in [2.05, 4.69) is 14.7 Å². The number of aromatic nitrogens is 2. The van der Waals surface area contributed by atoms with Gasteiger partial charge in [-0.25, -0.2) is 13.4 Å². The second-order valence-corrected chi connectivity index (χ2v) is 7.21. The van der Waals surface area contributed by atoms with Gasteiger partial charge in [0.2, 0.25) is 10.0 Å². The van der Waals surface area contributed by atoms with Crippen molar-refractivity contribution in [2.24, 2.45) is 0 Å². The zero-order chi connectivity index (χ0) is 15.4. The molecule has 1 fully saturated rings. The summed E-state index contributed by atoms with van der Waals surface area (Å²) in [5.41, 5.74) is 0.504. The lowest BCUT2D eigenvalue weighted by Gasteiger charge is -2.10. The van der Waals surface area contributed by atoms with Gasteiger partial charge in [-0.15, -0.1) is 0 Å². The van der Waals surface area contributed by atoms with Crippen molar-refractivity contribution in [3.05, 3.63) is 36.5 Å². The second-order valence-electron chi connectivity index (χ2n) is 5.53. The molecular weight excluding hydrogens is 300 g/mol. The molecule has 4 rings (SSSR count). The first-order valence-electron chi connectivity index (χ1n) is 6.85. The minimum atomic E-state index is -3.71. The van der Waals surface area contributed by atoms with Gasteiger partial charge in [0.25, 0.3) is 0 Å². The molecule has 110 valence electrons. The molecule has 0 unspecified atom stereocenters. The zero-order valence-corrected chi connectivity index (χ0v) is 12.3. The number of nitrogens with one attached hydrogen (secondary N) is 2. The van der Waals surface area contributed by atoms with E-state index in [4.69, 9.17) is 5.26 Å². The third kappa shape index (κ3) is 1.96. The Bertz CT molecular complexity index is 1040. The summed E-state index contributed by atoms with van der Waals surface area (Å²) in [6.07, 6.45) is 2.79. The number of nitriles is 1. The van der Waals surface area contributed by atoms with Crippen LogP contribution < -0.4 is 4.72 Å². The van der Waals surface area contributed by atoms with Gasteiger partial charge in [0.1, 0.15) is 11.2 Å². The number of H-pyrrole nitrogens is 1. The minimum absolute atomic E-state index is 0.146. The molecular formula is C15H12N4O2S. The van der Waals surface area contributed by atoms with Gasteiger partial charge in [-0.3, -0.25) is 0 Å². The van der Waals surface area contributed by atoms with Crippen LogP contribution in [0.5, 0.6) is 0 Å². The summed E-state index contributed by atoms with van der Waals surface area (Å²) in [4.78, 5) is 7.49. The third-order valence-electron chi connectivity index (χ3n) is 3.95. The molecule has 1 saturated carbocycles. The number of rotatable bonds is 3. The SMILES string of the molecule is N#CC1(NS(=O)(=O)c2ccc3c(c2)[nH]c2ncccc23)CC1. The van der Waals surface area contributed by atoms with Crippen LogP contribution in [0.2, 0.25) is 0 Å². The summed E-state index contributed by atoms with van der Waals surface area (Å²) in [6, 6.07) is 10.7. The van der Waals surface area contributed by atoms with Crippen LogP contribution >= 0.6 is 0 Å². The number of benzene rings is 1. The highest BCUT2D eigenvalue weighted by Crippen LogP contribution is 2.36. The first-order valence-corrected chi connectivity index (χ1v) is 8.33. The van der Waals surface area contributed by atoms with Crippen molar-refractivity contribution in [1.82, 2.24) is 14.7 Å². The molecule has 0 aliphatic heterocycles. The lowest BCUT2D eigenvalue weighted by molar-refractivity contribution is 0.571. The van der Waals surface area contributed by atoms with Gasteiger partial charge in [0, 0.05) is 22.5 Å². The fourth-order valence-electron chi connectivity index (χ4n) is 2.56. The van der Waals surface area contributed by atoms with Gasteiger partial charge < -0.3 is 4.98 Å². The molecule has 6 nitrogen and oxygen atoms in total. The Morgan fingerprint density at radius 3 is 2.82 bits per heavy atom. The maximum absolute atomic E-state index is 12.4. The second kappa shape index (κ2) is 4.29. The number of hydrogen-bond donors (Lipinski definition) is 2. The molecule has 0 atom stereocenters. The van der Waals surface area contributed by atoms with Crippen LogP contribution in [-0.4, -0.2) is 23.9 Å². The van der Waals surface area contributed by atoms with Gasteiger partial charge in [-0.05, 0) is 37.1 Å². The third-order valence-corrected chi connectivity index (χ3v) is 5.48. The first-order chi connectivity index (χ1) is 10.5. The van der Waals surface area contributed by atoms with Gasteiger partial charge in [0.15, 0.2) is 0 Å². The zero-order valence-electron chi connectivity index (χ0n) is 11.5. The van der Waals surface area contributed by atoms with E-state index in [0.717, 1.165) is 16.4 Å². The molecule has 22 heavy (non-hydrogen) atoms. The van der Waals surface area contributed by atoms with E-state index in [0.29, 0.717) is 18.4 Å². The van der Waals surface area contributed by atoms with E-state index in [1.165, 1.54) is 0 Å². The molecule has 2 heterocycles. The average molecular weight is 312 g/mol. The van der Waals surface area contributed by atoms with Crippen LogP contribution in [0, 0.1) is 11.3 Å². The topological polar surface area (TPSA) is 98.6 Å². The van der Waals surface area contributed by atoms with Crippen LogP contribution in [0.1, 0.15) is 12.8 Å². The maximum atomic E-state index is 12.4. The molecule has 7 heteroatoms. The molecule has 1 aliphatic rings. The number of hydrogen-bond acceptors (Lipinski definition) is 4. The molecule has 0 radical (unpaired) electrons. The Morgan fingerprint density at radius 2 is 2.09 bits per heavy atom. The smallest absolute Gasteiger partial charge is 0.242 e. The van der Waals surface area contributed by atoms with Gasteiger partial charge >= 0.3 is 0 Å². The minimum Gasteiger partial charge on any atom is -0.339 e. The first kappa shape index (κ1) is 13.2. The van der Waals surface area contributed by atoms with E-state index < -0.39 is 15.6 Å². The van der Waals surface area contributed by atoms with Crippen LogP contribution in [-0.2, 0) is 10.0 Å². The monoisotopic (exact) mass is 312 g/mol. The van der Waals surface area contributed by atoms with Gasteiger partial charge in [-0.2, -0.15) is 9.98 Å². The average Bonchev–Trinajstić information content (AvgIpc) is 3.17. The maximum Gasteiger partial charge on any atom is 0.242 e. The molecule has 2 N–H and O–H groups in total. The van der Waals surface area contributed by atoms with Gasteiger partial charge in [-0.1, -0.05) is 6.07 Å². The number of aromatic amines is 1. The molecule has 0 amide bonds. The Morgan fingerprint density at radius 1 is 1.27 bits per heavy atom. The van der Waals surface area contributed by atoms with Crippen LogP contribution in [0.15, 0.2) is 41.4 Å². The molecule has 1 aliphatic carbocycles. The standard InChI is InChI=1S/C15H12N4O2S/c16-9-15(5-6-15)19-22(20,21)10-3-4-11-12-2-1-7-17-14(12)18-13(11)8-10/h1-4,7-8,19H,5-6H2,(H,17,18). The van der Waals surface area contributed by atoms with Crippen molar-refractivity contribution in [3.8, 4) is 6.07 Å². The van der Waals surface area contributed by atoms with Crippen molar-refractivity contribution in [1.29, 1.82) is 5.26 Å². The summed E-state index contributed by atoms with van der Waals surface area (Å²) in [5.74, 6) is 0. The summed E-state index contributed by atoms with van der Waals surface area (Å²) >= 11 is 0. The summed E-state index contributed by atoms with van der Waals surface area (Å²) in [6.45, 7) is 0. The number of sulfonamides is 1. The van der Waals surface area contributed by atoms with E-state index >= 15 is 0 Å². The van der Waals surface area contributed by atoms with Crippen LogP contribution in [0.25, 0.3) is 21.9 Å². The number of fused-ring (bicyclic) bond motifs is 3. The fraction of sp³-hybridized carbons (Fsp3) is 0.200. The van der Waals surface area contributed by atoms with E-state index in [-0.39, 0.29) is 4.90 Å². The Balaban J connectivity index is 1.83. The number of pyridine rings is 1. The van der Waals surface area contributed by atoms with Crippen molar-refractivity contribution >= 4 is 32.0 Å². The van der Waals surface area contributed by atoms with E-state index in [9.17, 15) is 8.42 Å². The quantitative estimate of drug-likeness (QED) is 0.773. The molecule has 0 bridgehead atoms. The Labute approximate surface area is 126 Å². The normalized spacial score (nSPS) is 16.7. The van der Waals surface area contributed by atoms with Crippen LogP contribution in [0.3, 0.4) is 0 Å². The van der Waals surface area contributed by atoms with Crippen molar-refractivity contribution < 1.29 is 8.42 Å². The molecule has 0 spiro atoms. The lowest BCUT2D eigenvalue weighted by Crippen LogP contribution is -2.35. The summed E-state index contributed by atoms with van der Waals surface area (Å²) in [5, 5.41) is 10.9.